The van der Waals surface area contributed by atoms with Crippen LogP contribution < -0.4 is 10.5 Å². The molecule has 0 bridgehead atoms. The average Bonchev–Trinajstić information content (AvgIpc) is 2.04. The van der Waals surface area contributed by atoms with E-state index in [1.54, 1.807) is 0 Å². The van der Waals surface area contributed by atoms with E-state index in [1.807, 2.05) is 0 Å². The van der Waals surface area contributed by atoms with Crippen molar-refractivity contribution in [1.29, 1.82) is 0 Å². The Kier molecular flexibility index (Phi) is 2.84. The molecule has 0 atom stereocenters. The minimum Gasteiger partial charge on any atom is -0.733 e. The number of benzene rings is 1. The van der Waals surface area contributed by atoms with Crippen molar-refractivity contribution in [3.05, 3.63) is 29.5 Å². The Balaban J connectivity index is 2.75. The first-order chi connectivity index (χ1) is 6.09. The Morgan fingerprint density at radius 2 is 2.00 bits per heavy atom. The van der Waals surface area contributed by atoms with Crippen molar-refractivity contribution in [2.45, 2.75) is 6.92 Å². The molecular formula is C8H9N2O3-. The number of carbonyl (C=O) groups excluding carboxylic acids is 1. The van der Waals surface area contributed by atoms with Gasteiger partial charge in [0.1, 0.15) is 0 Å². The molecule has 0 radical (unpaired) electrons. The van der Waals surface area contributed by atoms with E-state index in [-0.39, 0.29) is 16.8 Å². The molecule has 5 nitrogen and oxygen atoms in total. The Hall–Kier alpha value is -1.59. The SMILES string of the molecule is CC(=O)Nc1ccc(N([O-])O)cc1. The molecular weight excluding hydrogens is 172 g/mol. The van der Waals surface area contributed by atoms with Gasteiger partial charge in [0.2, 0.25) is 5.91 Å². The van der Waals surface area contributed by atoms with Gasteiger partial charge in [0.05, 0.1) is 5.69 Å². The topological polar surface area (TPSA) is 75.6 Å². The first-order valence-electron chi connectivity index (χ1n) is 3.63. The number of hydrogen-bond acceptors (Lipinski definition) is 4. The van der Waals surface area contributed by atoms with Crippen molar-refractivity contribution >= 4 is 17.3 Å². The van der Waals surface area contributed by atoms with Gasteiger partial charge in [-0.15, -0.1) is 0 Å². The number of nitrogens with one attached hydrogen (secondary N) is 1. The summed E-state index contributed by atoms with van der Waals surface area (Å²) in [6.45, 7) is 1.39. The molecule has 0 fully saturated rings. The lowest BCUT2D eigenvalue weighted by Crippen LogP contribution is -2.08. The van der Waals surface area contributed by atoms with Crippen molar-refractivity contribution < 1.29 is 10.0 Å². The van der Waals surface area contributed by atoms with Crippen LogP contribution in [-0.4, -0.2) is 11.1 Å². The molecule has 1 rings (SSSR count). The predicted octanol–water partition coefficient (Wildman–Crippen LogP) is 1.34. The minimum atomic E-state index is -0.239. The van der Waals surface area contributed by atoms with Crippen LogP contribution in [0.2, 0.25) is 0 Å². The van der Waals surface area contributed by atoms with Crippen LogP contribution in [0.15, 0.2) is 24.3 Å². The summed E-state index contributed by atoms with van der Waals surface area (Å²) in [6, 6.07) is 5.85. The Bertz CT molecular complexity index is 295. The van der Waals surface area contributed by atoms with Gasteiger partial charge in [0, 0.05) is 12.6 Å². The molecule has 0 saturated heterocycles. The van der Waals surface area contributed by atoms with E-state index in [1.165, 1.54) is 31.2 Å². The zero-order valence-corrected chi connectivity index (χ0v) is 7.02. The molecule has 5 heteroatoms. The van der Waals surface area contributed by atoms with Crippen LogP contribution in [0.4, 0.5) is 11.4 Å². The van der Waals surface area contributed by atoms with Crippen LogP contribution in [0, 0.1) is 5.21 Å². The van der Waals surface area contributed by atoms with E-state index in [0.717, 1.165) is 0 Å². The lowest BCUT2D eigenvalue weighted by Gasteiger charge is -2.21. The monoisotopic (exact) mass is 181 g/mol. The largest absolute Gasteiger partial charge is 0.733 e. The molecule has 0 aliphatic carbocycles. The second-order valence-electron chi connectivity index (χ2n) is 2.50. The van der Waals surface area contributed by atoms with E-state index >= 15 is 0 Å². The average molecular weight is 181 g/mol. The number of hydrogen-bond donors (Lipinski definition) is 2. The van der Waals surface area contributed by atoms with Gasteiger partial charge >= 0.3 is 0 Å². The van der Waals surface area contributed by atoms with Gasteiger partial charge in [-0.3, -0.25) is 10.0 Å². The summed E-state index contributed by atoms with van der Waals surface area (Å²) in [5, 5.41) is 21.1. The third-order valence-electron chi connectivity index (χ3n) is 1.41. The lowest BCUT2D eigenvalue weighted by molar-refractivity contribution is -0.114. The fraction of sp³-hybridized carbons (Fsp3) is 0.125. The zero-order chi connectivity index (χ0) is 9.84. The number of carbonyl (C=O) groups is 1. The van der Waals surface area contributed by atoms with Crippen molar-refractivity contribution in [3.8, 4) is 0 Å². The number of amides is 1. The van der Waals surface area contributed by atoms with Crippen LogP contribution in [0.5, 0.6) is 0 Å². The summed E-state index contributed by atoms with van der Waals surface area (Å²) < 4.78 is 0. The molecule has 1 aromatic carbocycles. The number of rotatable bonds is 2. The molecule has 1 amide bonds. The molecule has 0 spiro atoms. The van der Waals surface area contributed by atoms with Crippen LogP contribution in [0.1, 0.15) is 6.92 Å². The fourth-order valence-corrected chi connectivity index (χ4v) is 0.876. The third kappa shape index (κ3) is 2.73. The Morgan fingerprint density at radius 3 is 2.38 bits per heavy atom. The highest BCUT2D eigenvalue weighted by Crippen LogP contribution is 2.15. The summed E-state index contributed by atoms with van der Waals surface area (Å²) in [5.41, 5.74) is 0.701. The second kappa shape index (κ2) is 3.88. The summed E-state index contributed by atoms with van der Waals surface area (Å²) in [7, 11) is 0. The maximum Gasteiger partial charge on any atom is 0.221 e. The van der Waals surface area contributed by atoms with Gasteiger partial charge in [-0.05, 0) is 24.3 Å². The van der Waals surface area contributed by atoms with Crippen LogP contribution in [0.3, 0.4) is 0 Å². The van der Waals surface area contributed by atoms with Crippen molar-refractivity contribution in [3.63, 3.8) is 0 Å². The quantitative estimate of drug-likeness (QED) is 0.675. The summed E-state index contributed by atoms with van der Waals surface area (Å²) in [5.74, 6) is -0.185. The van der Waals surface area contributed by atoms with Gasteiger partial charge in [0.15, 0.2) is 0 Å². The first kappa shape index (κ1) is 9.50. The first-order valence-corrected chi connectivity index (χ1v) is 3.63. The van der Waals surface area contributed by atoms with Crippen LogP contribution in [0.25, 0.3) is 0 Å². The smallest absolute Gasteiger partial charge is 0.221 e. The van der Waals surface area contributed by atoms with Crippen molar-refractivity contribution in [1.82, 2.24) is 0 Å². The van der Waals surface area contributed by atoms with Gasteiger partial charge in [0.25, 0.3) is 0 Å². The molecule has 0 saturated carbocycles. The van der Waals surface area contributed by atoms with E-state index < -0.39 is 0 Å². The van der Waals surface area contributed by atoms with E-state index in [0.29, 0.717) is 5.69 Å². The second-order valence-corrected chi connectivity index (χ2v) is 2.50. The maximum absolute atomic E-state index is 10.6. The highest BCUT2D eigenvalue weighted by Gasteiger charge is 1.95. The van der Waals surface area contributed by atoms with Crippen LogP contribution in [-0.2, 0) is 4.79 Å². The number of anilines is 2. The Labute approximate surface area is 75.1 Å². The van der Waals surface area contributed by atoms with Crippen molar-refractivity contribution in [2.24, 2.45) is 0 Å². The fourth-order valence-electron chi connectivity index (χ4n) is 0.876. The minimum absolute atomic E-state index is 0.120. The van der Waals surface area contributed by atoms with Gasteiger partial charge in [-0.2, -0.15) is 0 Å². The molecule has 1 aromatic rings. The molecule has 13 heavy (non-hydrogen) atoms. The zero-order valence-electron chi connectivity index (χ0n) is 7.02. The van der Waals surface area contributed by atoms with E-state index in [9.17, 15) is 10.0 Å². The predicted molar refractivity (Wildman–Crippen MR) is 48.4 cm³/mol. The molecule has 2 N–H and O–H groups in total. The normalized spacial score (nSPS) is 9.46. The summed E-state index contributed by atoms with van der Waals surface area (Å²) in [6.07, 6.45) is 0. The van der Waals surface area contributed by atoms with Gasteiger partial charge in [-0.1, -0.05) is 0 Å². The van der Waals surface area contributed by atoms with Gasteiger partial charge in [-0.25, -0.2) is 0 Å². The van der Waals surface area contributed by atoms with Crippen molar-refractivity contribution in [2.75, 3.05) is 10.5 Å². The van der Waals surface area contributed by atoms with E-state index in [2.05, 4.69) is 5.32 Å². The van der Waals surface area contributed by atoms with Gasteiger partial charge < -0.3 is 15.8 Å². The maximum atomic E-state index is 10.6. The molecule has 0 aromatic heterocycles. The van der Waals surface area contributed by atoms with E-state index in [4.69, 9.17) is 5.21 Å². The Morgan fingerprint density at radius 1 is 1.46 bits per heavy atom. The summed E-state index contributed by atoms with van der Waals surface area (Å²) in [4.78, 5) is 10.6. The molecule has 0 aliphatic heterocycles. The number of nitrogens with zero attached hydrogens (tertiary/aromatic N) is 1. The molecule has 0 unspecified atom stereocenters. The molecule has 0 aliphatic rings. The highest BCUT2D eigenvalue weighted by molar-refractivity contribution is 5.88. The molecule has 70 valence electrons. The standard InChI is InChI=1S/C8H9N2O3/c1-6(11)9-7-2-4-8(5-3-7)10(12)13/h2-5,12H,1H3,(H,9,11)/q-1. The summed E-state index contributed by atoms with van der Waals surface area (Å²) >= 11 is 0. The highest BCUT2D eigenvalue weighted by atomic mass is 16.8. The molecule has 0 heterocycles. The van der Waals surface area contributed by atoms with Crippen LogP contribution >= 0.6 is 0 Å². The lowest BCUT2D eigenvalue weighted by atomic mass is 10.3. The third-order valence-corrected chi connectivity index (χ3v) is 1.41.